The van der Waals surface area contributed by atoms with Crippen LogP contribution in [0.4, 0.5) is 0 Å². The van der Waals surface area contributed by atoms with Crippen LogP contribution in [-0.2, 0) is 0 Å². The Labute approximate surface area is 182 Å². The quantitative estimate of drug-likeness (QED) is 0.430. The van der Waals surface area contributed by atoms with Crippen LogP contribution in [0.15, 0.2) is 66.0 Å². The molecule has 4 aromatic heterocycles. The topological polar surface area (TPSA) is 92.2 Å². The van der Waals surface area contributed by atoms with E-state index >= 15 is 0 Å². The van der Waals surface area contributed by atoms with E-state index in [2.05, 4.69) is 20.2 Å². The number of hydrogen-bond acceptors (Lipinski definition) is 4. The van der Waals surface area contributed by atoms with Gasteiger partial charge >= 0.3 is 0 Å². The number of aryl methyl sites for hydroxylation is 1. The molecule has 1 atom stereocenters. The molecule has 7 nitrogen and oxygen atoms in total. The molecule has 31 heavy (non-hydrogen) atoms. The average Bonchev–Trinajstić information content (AvgIpc) is 3.38. The van der Waals surface area contributed by atoms with Gasteiger partial charge in [-0.15, -0.1) is 0 Å². The Morgan fingerprint density at radius 3 is 2.74 bits per heavy atom. The summed E-state index contributed by atoms with van der Waals surface area (Å²) in [6.07, 6.45) is 7.08. The highest BCUT2D eigenvalue weighted by atomic mass is 35.5. The minimum Gasteiger partial charge on any atom is -0.344 e. The van der Waals surface area contributed by atoms with Crippen LogP contribution >= 0.6 is 11.6 Å². The Morgan fingerprint density at radius 2 is 2.00 bits per heavy atom. The number of pyridine rings is 1. The van der Waals surface area contributed by atoms with E-state index in [1.807, 2.05) is 50.4 Å². The molecule has 8 heteroatoms. The maximum Gasteiger partial charge on any atom is 0.251 e. The third-order valence-electron chi connectivity index (χ3n) is 5.49. The largest absolute Gasteiger partial charge is 0.344 e. The van der Waals surface area contributed by atoms with Gasteiger partial charge in [0, 0.05) is 40.3 Å². The highest BCUT2D eigenvalue weighted by Gasteiger charge is 2.15. The molecule has 0 fully saturated rings. The van der Waals surface area contributed by atoms with E-state index in [-0.39, 0.29) is 11.6 Å². The molecule has 5 rings (SSSR count). The molecule has 5 aromatic rings. The summed E-state index contributed by atoms with van der Waals surface area (Å²) in [6.45, 7) is 3.91. The van der Waals surface area contributed by atoms with Gasteiger partial charge in [-0.05, 0) is 43.2 Å². The van der Waals surface area contributed by atoms with E-state index in [0.29, 0.717) is 16.2 Å². The molecule has 0 aliphatic rings. The summed E-state index contributed by atoms with van der Waals surface area (Å²) >= 11 is 6.11. The molecule has 154 valence electrons. The zero-order chi connectivity index (χ0) is 21.5. The lowest BCUT2D eigenvalue weighted by molar-refractivity contribution is 0.615. The van der Waals surface area contributed by atoms with Crippen LogP contribution in [0, 0.1) is 6.92 Å². The normalized spacial score (nSPS) is 12.4. The summed E-state index contributed by atoms with van der Waals surface area (Å²) in [4.78, 5) is 25.3. The molecule has 0 aliphatic heterocycles. The lowest BCUT2D eigenvalue weighted by atomic mass is 10.1. The van der Waals surface area contributed by atoms with Gasteiger partial charge in [0.05, 0.1) is 24.1 Å². The van der Waals surface area contributed by atoms with Crippen LogP contribution < -0.4 is 5.56 Å². The van der Waals surface area contributed by atoms with Gasteiger partial charge in [-0.1, -0.05) is 23.7 Å². The number of aromatic nitrogens is 6. The SMILES string of the molecule is Cc1[nH]ncc1-c1cnc2[nH]cc(-c3ccn(C(C)c4cccc(Cl)c4)c(=O)c3)c2n1. The molecule has 0 saturated heterocycles. The molecule has 0 radical (unpaired) electrons. The maximum atomic E-state index is 12.9. The van der Waals surface area contributed by atoms with Crippen molar-refractivity contribution in [3.63, 3.8) is 0 Å². The molecule has 0 spiro atoms. The second kappa shape index (κ2) is 7.52. The second-order valence-corrected chi connectivity index (χ2v) is 7.89. The van der Waals surface area contributed by atoms with E-state index in [9.17, 15) is 4.79 Å². The van der Waals surface area contributed by atoms with Crippen molar-refractivity contribution in [3.05, 3.63) is 87.8 Å². The first-order valence-corrected chi connectivity index (χ1v) is 10.2. The van der Waals surface area contributed by atoms with Crippen LogP contribution in [0.3, 0.4) is 0 Å². The first-order chi connectivity index (χ1) is 15.0. The van der Waals surface area contributed by atoms with Crippen LogP contribution in [0.5, 0.6) is 0 Å². The molecule has 0 saturated carbocycles. The predicted octanol–water partition coefficient (Wildman–Crippen LogP) is 4.75. The Kier molecular flexibility index (Phi) is 4.67. The summed E-state index contributed by atoms with van der Waals surface area (Å²) in [5.41, 5.74) is 6.38. The van der Waals surface area contributed by atoms with E-state index in [1.165, 1.54) is 0 Å². The molecular formula is C23H19ClN6O. The summed E-state index contributed by atoms with van der Waals surface area (Å²) in [5, 5.41) is 7.63. The van der Waals surface area contributed by atoms with Gasteiger partial charge in [-0.2, -0.15) is 5.10 Å². The number of benzene rings is 1. The minimum absolute atomic E-state index is 0.103. The van der Waals surface area contributed by atoms with Crippen molar-refractivity contribution in [1.29, 1.82) is 0 Å². The Morgan fingerprint density at radius 1 is 1.13 bits per heavy atom. The number of fused-ring (bicyclic) bond motifs is 1. The van der Waals surface area contributed by atoms with Crippen LogP contribution in [-0.4, -0.2) is 29.7 Å². The van der Waals surface area contributed by atoms with E-state index in [4.69, 9.17) is 16.6 Å². The van der Waals surface area contributed by atoms with E-state index in [0.717, 1.165) is 33.6 Å². The molecule has 0 bridgehead atoms. The molecule has 1 unspecified atom stereocenters. The van der Waals surface area contributed by atoms with Crippen LogP contribution in [0.1, 0.15) is 24.2 Å². The van der Waals surface area contributed by atoms with Gasteiger partial charge in [0.1, 0.15) is 5.52 Å². The Bertz CT molecular complexity index is 1460. The van der Waals surface area contributed by atoms with Crippen LogP contribution in [0.25, 0.3) is 33.5 Å². The monoisotopic (exact) mass is 430 g/mol. The zero-order valence-electron chi connectivity index (χ0n) is 16.9. The standard InChI is InChI=1S/C23H19ClN6O/c1-13-18(11-27-29-13)20-12-26-23-22(28-20)19(10-25-23)16-6-7-30(21(31)9-16)14(2)15-4-3-5-17(24)8-15/h3-12,14H,1-2H3,(H,25,26)(H,27,29). The fourth-order valence-electron chi connectivity index (χ4n) is 3.75. The predicted molar refractivity (Wildman–Crippen MR) is 121 cm³/mol. The Balaban J connectivity index is 1.56. The van der Waals surface area contributed by atoms with E-state index < -0.39 is 0 Å². The van der Waals surface area contributed by atoms with Crippen molar-refractivity contribution in [2.75, 3.05) is 0 Å². The number of aromatic amines is 2. The summed E-state index contributed by atoms with van der Waals surface area (Å²) < 4.78 is 1.69. The van der Waals surface area contributed by atoms with Gasteiger partial charge in [0.2, 0.25) is 0 Å². The first kappa shape index (κ1) is 19.3. The summed E-state index contributed by atoms with van der Waals surface area (Å²) in [5.74, 6) is 0. The summed E-state index contributed by atoms with van der Waals surface area (Å²) in [6, 6.07) is 11.0. The highest BCUT2D eigenvalue weighted by Crippen LogP contribution is 2.29. The third kappa shape index (κ3) is 3.43. The lowest BCUT2D eigenvalue weighted by Gasteiger charge is -2.16. The smallest absolute Gasteiger partial charge is 0.251 e. The number of nitrogens with one attached hydrogen (secondary N) is 2. The first-order valence-electron chi connectivity index (χ1n) is 9.84. The van der Waals surface area contributed by atoms with Crippen molar-refractivity contribution in [2.45, 2.75) is 19.9 Å². The molecule has 0 amide bonds. The zero-order valence-corrected chi connectivity index (χ0v) is 17.7. The fraction of sp³-hybridized carbons (Fsp3) is 0.130. The van der Waals surface area contributed by atoms with Crippen molar-refractivity contribution in [2.24, 2.45) is 0 Å². The van der Waals surface area contributed by atoms with E-state index in [1.54, 1.807) is 29.2 Å². The molecular weight excluding hydrogens is 412 g/mol. The number of halogens is 1. The van der Waals surface area contributed by atoms with Crippen LogP contribution in [0.2, 0.25) is 5.02 Å². The van der Waals surface area contributed by atoms with Crippen molar-refractivity contribution in [3.8, 4) is 22.4 Å². The molecule has 4 heterocycles. The highest BCUT2D eigenvalue weighted by molar-refractivity contribution is 6.30. The molecule has 2 N–H and O–H groups in total. The van der Waals surface area contributed by atoms with Crippen molar-refractivity contribution < 1.29 is 0 Å². The number of nitrogens with zero attached hydrogens (tertiary/aromatic N) is 4. The number of hydrogen-bond donors (Lipinski definition) is 2. The number of H-pyrrole nitrogens is 2. The van der Waals surface area contributed by atoms with Gasteiger partial charge in [-0.3, -0.25) is 9.89 Å². The average molecular weight is 431 g/mol. The minimum atomic E-state index is -0.140. The molecule has 1 aromatic carbocycles. The van der Waals surface area contributed by atoms with Gasteiger partial charge < -0.3 is 9.55 Å². The second-order valence-electron chi connectivity index (χ2n) is 7.46. The van der Waals surface area contributed by atoms with Gasteiger partial charge in [0.15, 0.2) is 5.65 Å². The lowest BCUT2D eigenvalue weighted by Crippen LogP contribution is -2.22. The van der Waals surface area contributed by atoms with Gasteiger partial charge in [0.25, 0.3) is 5.56 Å². The van der Waals surface area contributed by atoms with Crippen molar-refractivity contribution >= 4 is 22.8 Å². The van der Waals surface area contributed by atoms with Crippen molar-refractivity contribution in [1.82, 2.24) is 29.7 Å². The fourth-order valence-corrected chi connectivity index (χ4v) is 3.95. The van der Waals surface area contributed by atoms with Gasteiger partial charge in [-0.25, -0.2) is 9.97 Å². The summed E-state index contributed by atoms with van der Waals surface area (Å²) in [7, 11) is 0. The Hall–Kier alpha value is -3.71. The number of rotatable bonds is 4. The third-order valence-corrected chi connectivity index (χ3v) is 5.73. The maximum absolute atomic E-state index is 12.9. The molecule has 0 aliphatic carbocycles.